The lowest BCUT2D eigenvalue weighted by Crippen LogP contribution is -2.38. The fourth-order valence-corrected chi connectivity index (χ4v) is 1.81. The molecule has 2 N–H and O–H groups in total. The molecule has 0 amide bonds. The second-order valence-electron chi connectivity index (χ2n) is 4.11. The first-order chi connectivity index (χ1) is 8.21. The Labute approximate surface area is 103 Å². The summed E-state index contributed by atoms with van der Waals surface area (Å²) in [4.78, 5) is 2.35. The molecule has 1 heterocycles. The summed E-state index contributed by atoms with van der Waals surface area (Å²) in [6.45, 7) is 8.28. The maximum Gasteiger partial charge on any atom is 0.0962 e. The van der Waals surface area contributed by atoms with Gasteiger partial charge in [-0.2, -0.15) is 0 Å². The molecule has 1 aromatic heterocycles. The van der Waals surface area contributed by atoms with Gasteiger partial charge in [-0.25, -0.2) is 0 Å². The zero-order chi connectivity index (χ0) is 12.7. The number of nitrogens with zero attached hydrogens (tertiary/aromatic N) is 4. The molecule has 0 saturated carbocycles. The number of rotatable bonds is 8. The number of hydrogen-bond acceptors (Lipinski definition) is 5. The minimum absolute atomic E-state index is 0.419. The van der Waals surface area contributed by atoms with Crippen LogP contribution in [-0.2, 0) is 17.8 Å². The number of methoxy groups -OCH3 is 1. The molecule has 1 rings (SSSR count). The second-order valence-corrected chi connectivity index (χ2v) is 4.11. The van der Waals surface area contributed by atoms with Crippen LogP contribution in [0.3, 0.4) is 0 Å². The van der Waals surface area contributed by atoms with Crippen LogP contribution >= 0.6 is 0 Å². The first-order valence-electron chi connectivity index (χ1n) is 6.03. The smallest absolute Gasteiger partial charge is 0.0962 e. The van der Waals surface area contributed by atoms with Gasteiger partial charge in [0.05, 0.1) is 18.8 Å². The van der Waals surface area contributed by atoms with Crippen molar-refractivity contribution in [1.82, 2.24) is 19.9 Å². The van der Waals surface area contributed by atoms with Crippen molar-refractivity contribution in [2.24, 2.45) is 5.73 Å². The molecule has 0 aliphatic rings. The molecule has 1 aromatic rings. The quantitative estimate of drug-likeness (QED) is 0.699. The Balaban J connectivity index is 2.41. The lowest BCUT2D eigenvalue weighted by molar-refractivity contribution is 0.0994. The lowest BCUT2D eigenvalue weighted by atomic mass is 10.3. The molecule has 0 aliphatic heterocycles. The number of aromatic nitrogens is 3. The average molecular weight is 241 g/mol. The summed E-state index contributed by atoms with van der Waals surface area (Å²) in [5.41, 5.74) is 6.32. The highest BCUT2D eigenvalue weighted by atomic mass is 16.5. The van der Waals surface area contributed by atoms with Crippen molar-refractivity contribution in [2.45, 2.75) is 33.0 Å². The molecule has 98 valence electrons. The van der Waals surface area contributed by atoms with Crippen molar-refractivity contribution in [3.63, 3.8) is 0 Å². The van der Waals surface area contributed by atoms with Crippen LogP contribution in [0.5, 0.6) is 0 Å². The van der Waals surface area contributed by atoms with Crippen LogP contribution in [0.2, 0.25) is 0 Å². The van der Waals surface area contributed by atoms with E-state index in [1.807, 2.05) is 10.9 Å². The third-order valence-corrected chi connectivity index (χ3v) is 2.85. The van der Waals surface area contributed by atoms with E-state index < -0.39 is 0 Å². The summed E-state index contributed by atoms with van der Waals surface area (Å²) < 4.78 is 7.00. The van der Waals surface area contributed by atoms with Gasteiger partial charge in [0.2, 0.25) is 0 Å². The molecular weight excluding hydrogens is 218 g/mol. The fraction of sp³-hybridized carbons (Fsp3) is 0.818. The Kier molecular flexibility index (Phi) is 6.10. The SMILES string of the molecule is CCN(CCn1cc(CN)nn1)C(C)COC. The summed E-state index contributed by atoms with van der Waals surface area (Å²) in [6.07, 6.45) is 1.90. The second kappa shape index (κ2) is 7.37. The molecule has 0 radical (unpaired) electrons. The summed E-state index contributed by atoms with van der Waals surface area (Å²) in [6, 6.07) is 0.419. The van der Waals surface area contributed by atoms with Crippen molar-refractivity contribution in [1.29, 1.82) is 0 Å². The van der Waals surface area contributed by atoms with Crippen LogP contribution in [0, 0.1) is 0 Å². The molecule has 6 heteroatoms. The summed E-state index contributed by atoms with van der Waals surface area (Å²) in [7, 11) is 1.73. The maximum atomic E-state index is 5.49. The van der Waals surface area contributed by atoms with Gasteiger partial charge >= 0.3 is 0 Å². The Hall–Kier alpha value is -0.980. The van der Waals surface area contributed by atoms with Crippen molar-refractivity contribution in [2.75, 3.05) is 26.8 Å². The highest BCUT2D eigenvalue weighted by Crippen LogP contribution is 2.00. The maximum absolute atomic E-state index is 5.49. The van der Waals surface area contributed by atoms with Gasteiger partial charge in [-0.05, 0) is 13.5 Å². The van der Waals surface area contributed by atoms with Crippen LogP contribution in [0.1, 0.15) is 19.5 Å². The Bertz CT molecular complexity index is 315. The lowest BCUT2D eigenvalue weighted by Gasteiger charge is -2.26. The summed E-state index contributed by atoms with van der Waals surface area (Å²) in [5.74, 6) is 0. The first kappa shape index (κ1) is 14.1. The van der Waals surface area contributed by atoms with E-state index in [0.29, 0.717) is 12.6 Å². The minimum Gasteiger partial charge on any atom is -0.383 e. The fourth-order valence-electron chi connectivity index (χ4n) is 1.81. The van der Waals surface area contributed by atoms with Gasteiger partial charge in [0, 0.05) is 32.4 Å². The predicted octanol–water partition coefficient (Wildman–Crippen LogP) is 0.0936. The van der Waals surface area contributed by atoms with Crippen molar-refractivity contribution >= 4 is 0 Å². The third kappa shape index (κ3) is 4.41. The van der Waals surface area contributed by atoms with Gasteiger partial charge in [-0.1, -0.05) is 12.1 Å². The Morgan fingerprint density at radius 2 is 2.35 bits per heavy atom. The summed E-state index contributed by atoms with van der Waals surface area (Å²) >= 11 is 0. The van der Waals surface area contributed by atoms with Gasteiger partial charge < -0.3 is 10.5 Å². The molecule has 0 aliphatic carbocycles. The molecule has 0 aromatic carbocycles. The van der Waals surface area contributed by atoms with Crippen LogP contribution in [0.15, 0.2) is 6.20 Å². The molecule has 0 bridgehead atoms. The van der Waals surface area contributed by atoms with Gasteiger partial charge in [0.1, 0.15) is 0 Å². The monoisotopic (exact) mass is 241 g/mol. The number of nitrogens with two attached hydrogens (primary N) is 1. The zero-order valence-corrected chi connectivity index (χ0v) is 11.0. The molecule has 6 nitrogen and oxygen atoms in total. The van der Waals surface area contributed by atoms with E-state index in [0.717, 1.165) is 31.9 Å². The third-order valence-electron chi connectivity index (χ3n) is 2.85. The van der Waals surface area contributed by atoms with Crippen LogP contribution < -0.4 is 5.73 Å². The highest BCUT2D eigenvalue weighted by Gasteiger charge is 2.11. The molecule has 0 fully saturated rings. The highest BCUT2D eigenvalue weighted by molar-refractivity contribution is 4.90. The van der Waals surface area contributed by atoms with Gasteiger partial charge in [0.25, 0.3) is 0 Å². The van der Waals surface area contributed by atoms with Gasteiger partial charge in [0.15, 0.2) is 0 Å². The standard InChI is InChI=1S/C11H23N5O/c1-4-15(10(2)9-17-3)5-6-16-8-11(7-12)13-14-16/h8,10H,4-7,9,12H2,1-3H3. The van der Waals surface area contributed by atoms with Crippen LogP contribution in [-0.4, -0.2) is 52.7 Å². The van der Waals surface area contributed by atoms with E-state index in [9.17, 15) is 0 Å². The minimum atomic E-state index is 0.419. The van der Waals surface area contributed by atoms with E-state index in [4.69, 9.17) is 10.5 Å². The molecule has 17 heavy (non-hydrogen) atoms. The topological polar surface area (TPSA) is 69.2 Å². The normalized spacial score (nSPS) is 13.2. The van der Waals surface area contributed by atoms with Gasteiger partial charge in [-0.15, -0.1) is 5.10 Å². The van der Waals surface area contributed by atoms with Crippen molar-refractivity contribution in [3.05, 3.63) is 11.9 Å². The van der Waals surface area contributed by atoms with E-state index in [1.165, 1.54) is 0 Å². The summed E-state index contributed by atoms with van der Waals surface area (Å²) in [5, 5.41) is 7.99. The van der Waals surface area contributed by atoms with E-state index >= 15 is 0 Å². The average Bonchev–Trinajstić information content (AvgIpc) is 2.78. The first-order valence-corrected chi connectivity index (χ1v) is 6.03. The van der Waals surface area contributed by atoms with Gasteiger partial charge in [-0.3, -0.25) is 9.58 Å². The van der Waals surface area contributed by atoms with Crippen LogP contribution in [0.4, 0.5) is 0 Å². The van der Waals surface area contributed by atoms with E-state index in [-0.39, 0.29) is 0 Å². The van der Waals surface area contributed by atoms with Crippen LogP contribution in [0.25, 0.3) is 0 Å². The largest absolute Gasteiger partial charge is 0.383 e. The molecule has 1 unspecified atom stereocenters. The zero-order valence-electron chi connectivity index (χ0n) is 11.0. The predicted molar refractivity (Wildman–Crippen MR) is 66.5 cm³/mol. The number of ether oxygens (including phenoxy) is 1. The van der Waals surface area contributed by atoms with Crippen molar-refractivity contribution < 1.29 is 4.74 Å². The number of likely N-dealkylation sites (N-methyl/N-ethyl adjacent to an activating group) is 1. The Morgan fingerprint density at radius 3 is 2.88 bits per heavy atom. The molecular formula is C11H23N5O. The molecule has 0 spiro atoms. The Morgan fingerprint density at radius 1 is 1.59 bits per heavy atom. The van der Waals surface area contributed by atoms with Crippen molar-refractivity contribution in [3.8, 4) is 0 Å². The molecule has 1 atom stereocenters. The molecule has 0 saturated heterocycles. The number of hydrogen-bond donors (Lipinski definition) is 1. The van der Waals surface area contributed by atoms with E-state index in [2.05, 4.69) is 29.1 Å². The van der Waals surface area contributed by atoms with E-state index in [1.54, 1.807) is 7.11 Å².